The van der Waals surface area contributed by atoms with Crippen LogP contribution >= 0.6 is 11.8 Å². The van der Waals surface area contributed by atoms with Crippen LogP contribution in [0.4, 0.5) is 5.69 Å². The van der Waals surface area contributed by atoms with Crippen molar-refractivity contribution < 1.29 is 4.74 Å². The van der Waals surface area contributed by atoms with Crippen molar-refractivity contribution in [2.24, 2.45) is 10.7 Å². The van der Waals surface area contributed by atoms with Crippen molar-refractivity contribution in [2.45, 2.75) is 12.0 Å². The van der Waals surface area contributed by atoms with Gasteiger partial charge in [0.15, 0.2) is 5.96 Å². The van der Waals surface area contributed by atoms with Gasteiger partial charge in [0.25, 0.3) is 0 Å². The Labute approximate surface area is 130 Å². The highest BCUT2D eigenvalue weighted by molar-refractivity contribution is 7.99. The molecular weight excluding hydrogens is 284 g/mol. The smallest absolute Gasteiger partial charge is 0.193 e. The molecule has 0 spiro atoms. The second-order valence-corrected chi connectivity index (χ2v) is 6.58. The van der Waals surface area contributed by atoms with Crippen molar-refractivity contribution in [2.75, 3.05) is 44.6 Å². The van der Waals surface area contributed by atoms with E-state index in [2.05, 4.69) is 29.3 Å². The minimum absolute atomic E-state index is 0.136. The molecule has 116 valence electrons. The van der Waals surface area contributed by atoms with Crippen LogP contribution in [-0.2, 0) is 0 Å². The minimum atomic E-state index is 0.136. The van der Waals surface area contributed by atoms with Crippen LogP contribution in [0.1, 0.15) is 6.42 Å². The molecule has 21 heavy (non-hydrogen) atoms. The minimum Gasteiger partial charge on any atom is -0.497 e. The third-order valence-corrected chi connectivity index (χ3v) is 5.17. The van der Waals surface area contributed by atoms with Crippen LogP contribution in [0.5, 0.6) is 5.75 Å². The molecule has 1 aliphatic heterocycles. The quantitative estimate of drug-likeness (QED) is 0.642. The number of likely N-dealkylation sites (N-methyl/N-ethyl adjacent to an activating group) is 1. The number of rotatable bonds is 5. The first kappa shape index (κ1) is 16.0. The van der Waals surface area contributed by atoms with Crippen molar-refractivity contribution in [3.8, 4) is 5.75 Å². The lowest BCUT2D eigenvalue weighted by Crippen LogP contribution is -2.47. The fraction of sp³-hybridized carbons (Fsp3) is 0.533. The zero-order valence-corrected chi connectivity index (χ0v) is 13.7. The number of hydrogen-bond acceptors (Lipinski definition) is 4. The normalized spacial score (nSPS) is 22.6. The standard InChI is InChI=1S/C15H24N4OS/c1-19(2)15(8-9-21-11-15)10-17-14(16)18-12-4-6-13(20-3)7-5-12/h4-7H,8-11H2,1-3H3,(H3,16,17,18). The summed E-state index contributed by atoms with van der Waals surface area (Å²) in [4.78, 5) is 6.81. The summed E-state index contributed by atoms with van der Waals surface area (Å²) in [6, 6.07) is 7.64. The highest BCUT2D eigenvalue weighted by Crippen LogP contribution is 2.32. The summed E-state index contributed by atoms with van der Waals surface area (Å²) in [7, 11) is 5.89. The number of ether oxygens (including phenoxy) is 1. The molecule has 1 fully saturated rings. The first-order valence-corrected chi connectivity index (χ1v) is 8.17. The Hall–Kier alpha value is -1.40. The van der Waals surface area contributed by atoms with Crippen molar-refractivity contribution in [1.29, 1.82) is 0 Å². The van der Waals surface area contributed by atoms with Gasteiger partial charge >= 0.3 is 0 Å². The van der Waals surface area contributed by atoms with Gasteiger partial charge in [0.05, 0.1) is 13.7 Å². The van der Waals surface area contributed by atoms with Gasteiger partial charge in [-0.2, -0.15) is 11.8 Å². The van der Waals surface area contributed by atoms with Crippen molar-refractivity contribution in [3.05, 3.63) is 24.3 Å². The number of nitrogens with two attached hydrogens (primary N) is 1. The van der Waals surface area contributed by atoms with Gasteiger partial charge in [0.1, 0.15) is 5.75 Å². The molecule has 1 aromatic rings. The van der Waals surface area contributed by atoms with Gasteiger partial charge < -0.3 is 20.7 Å². The molecule has 1 saturated heterocycles. The van der Waals surface area contributed by atoms with Gasteiger partial charge in [-0.25, -0.2) is 0 Å². The van der Waals surface area contributed by atoms with Gasteiger partial charge in [-0.1, -0.05) is 0 Å². The lowest BCUT2D eigenvalue weighted by atomic mass is 9.98. The first-order valence-electron chi connectivity index (χ1n) is 7.02. The van der Waals surface area contributed by atoms with E-state index in [0.717, 1.165) is 30.2 Å². The van der Waals surface area contributed by atoms with Gasteiger partial charge in [-0.15, -0.1) is 0 Å². The van der Waals surface area contributed by atoms with E-state index in [-0.39, 0.29) is 5.54 Å². The maximum Gasteiger partial charge on any atom is 0.193 e. The third kappa shape index (κ3) is 4.04. The molecule has 1 aliphatic rings. The summed E-state index contributed by atoms with van der Waals surface area (Å²) in [5.74, 6) is 3.59. The Morgan fingerprint density at radius 3 is 2.67 bits per heavy atom. The molecule has 0 aliphatic carbocycles. The van der Waals surface area contributed by atoms with Crippen molar-refractivity contribution >= 4 is 23.4 Å². The zero-order valence-electron chi connectivity index (χ0n) is 12.9. The van der Waals surface area contributed by atoms with E-state index in [1.807, 2.05) is 36.0 Å². The molecule has 1 heterocycles. The summed E-state index contributed by atoms with van der Waals surface area (Å²) in [5, 5.41) is 3.12. The summed E-state index contributed by atoms with van der Waals surface area (Å²) in [6.07, 6.45) is 1.16. The zero-order chi connectivity index (χ0) is 15.3. The summed E-state index contributed by atoms with van der Waals surface area (Å²) < 4.78 is 5.13. The van der Waals surface area contributed by atoms with Gasteiger partial charge in [0, 0.05) is 17.0 Å². The third-order valence-electron chi connectivity index (χ3n) is 3.94. The van der Waals surface area contributed by atoms with Gasteiger partial charge in [-0.3, -0.25) is 4.99 Å². The van der Waals surface area contributed by atoms with E-state index in [0.29, 0.717) is 5.96 Å². The van der Waals surface area contributed by atoms with Crippen molar-refractivity contribution in [3.63, 3.8) is 0 Å². The van der Waals surface area contributed by atoms with E-state index >= 15 is 0 Å². The molecule has 2 rings (SSSR count). The Balaban J connectivity index is 1.96. The molecule has 0 bridgehead atoms. The van der Waals surface area contributed by atoms with Crippen LogP contribution in [0.2, 0.25) is 0 Å². The first-order chi connectivity index (χ1) is 10.1. The maximum atomic E-state index is 6.00. The molecule has 3 N–H and O–H groups in total. The van der Waals surface area contributed by atoms with Gasteiger partial charge in [0.2, 0.25) is 0 Å². The van der Waals surface area contributed by atoms with Crippen LogP contribution in [0.15, 0.2) is 29.3 Å². The fourth-order valence-electron chi connectivity index (χ4n) is 2.31. The van der Waals surface area contributed by atoms with Crippen LogP contribution in [0.3, 0.4) is 0 Å². The fourth-order valence-corrected chi connectivity index (χ4v) is 3.85. The lowest BCUT2D eigenvalue weighted by molar-refractivity contribution is 0.190. The molecule has 1 unspecified atom stereocenters. The molecule has 5 nitrogen and oxygen atoms in total. The summed E-state index contributed by atoms with van der Waals surface area (Å²) in [6.45, 7) is 0.724. The van der Waals surface area contributed by atoms with E-state index in [9.17, 15) is 0 Å². The Morgan fingerprint density at radius 2 is 2.14 bits per heavy atom. The lowest BCUT2D eigenvalue weighted by Gasteiger charge is -2.34. The van der Waals surface area contributed by atoms with Crippen molar-refractivity contribution in [1.82, 2.24) is 4.90 Å². The predicted octanol–water partition coefficient (Wildman–Crippen LogP) is 1.86. The highest BCUT2D eigenvalue weighted by atomic mass is 32.2. The van der Waals surface area contributed by atoms with Gasteiger partial charge in [-0.05, 0) is 50.5 Å². The molecule has 1 atom stereocenters. The Kier molecular flexibility index (Phi) is 5.36. The second-order valence-electron chi connectivity index (χ2n) is 5.48. The maximum absolute atomic E-state index is 6.00. The van der Waals surface area contributed by atoms with Crippen LogP contribution in [0.25, 0.3) is 0 Å². The summed E-state index contributed by atoms with van der Waals surface area (Å²) >= 11 is 1.98. The molecule has 6 heteroatoms. The number of anilines is 1. The number of nitrogens with zero attached hydrogens (tertiary/aromatic N) is 2. The molecule has 0 aromatic heterocycles. The van der Waals surface area contributed by atoms with Crippen LogP contribution in [0, 0.1) is 0 Å². The Bertz CT molecular complexity index is 481. The number of guanidine groups is 1. The summed E-state index contributed by atoms with van der Waals surface area (Å²) in [5.41, 5.74) is 7.05. The van der Waals surface area contributed by atoms with Crippen LogP contribution < -0.4 is 15.8 Å². The molecule has 0 saturated carbocycles. The number of methoxy groups -OCH3 is 1. The Morgan fingerprint density at radius 1 is 1.43 bits per heavy atom. The topological polar surface area (TPSA) is 62.9 Å². The monoisotopic (exact) mass is 308 g/mol. The van der Waals surface area contributed by atoms with E-state index < -0.39 is 0 Å². The molecule has 0 amide bonds. The average Bonchev–Trinajstić information content (AvgIpc) is 2.96. The number of benzene rings is 1. The largest absolute Gasteiger partial charge is 0.497 e. The van der Waals surface area contributed by atoms with E-state index in [4.69, 9.17) is 10.5 Å². The number of aliphatic imine (C=N–C) groups is 1. The van der Waals surface area contributed by atoms with E-state index in [1.165, 1.54) is 5.75 Å². The molecule has 1 aromatic carbocycles. The molecular formula is C15H24N4OS. The highest BCUT2D eigenvalue weighted by Gasteiger charge is 2.36. The molecule has 0 radical (unpaired) electrons. The second kappa shape index (κ2) is 7.04. The SMILES string of the molecule is COc1ccc(NC(N)=NCC2(N(C)C)CCSC2)cc1. The average molecular weight is 308 g/mol. The predicted molar refractivity (Wildman–Crippen MR) is 91.5 cm³/mol. The number of hydrogen-bond donors (Lipinski definition) is 2. The van der Waals surface area contributed by atoms with E-state index in [1.54, 1.807) is 7.11 Å². The number of nitrogens with one attached hydrogen (secondary N) is 1. The number of thioether (sulfide) groups is 1. The van der Waals surface area contributed by atoms with Crippen LogP contribution in [-0.4, -0.2) is 55.7 Å².